The maximum absolute atomic E-state index is 11.8. The van der Waals surface area contributed by atoms with E-state index in [2.05, 4.69) is 19.1 Å². The minimum Gasteiger partial charge on any atom is -0.388 e. The minimum atomic E-state index is -0.828. The van der Waals surface area contributed by atoms with Gasteiger partial charge in [-0.15, -0.1) is 0 Å². The molecule has 0 aromatic carbocycles. The molecule has 0 amide bonds. The van der Waals surface area contributed by atoms with Crippen LogP contribution in [0.25, 0.3) is 0 Å². The third-order valence-corrected chi connectivity index (χ3v) is 7.35. The number of allylic oxidation sites excluding steroid dienone is 4. The van der Waals surface area contributed by atoms with Crippen LogP contribution in [0.4, 0.5) is 0 Å². The highest BCUT2D eigenvalue weighted by Crippen LogP contribution is 2.63. The summed E-state index contributed by atoms with van der Waals surface area (Å²) < 4.78 is 0. The normalized spacial score (nSPS) is 42.5. The molecule has 0 saturated heterocycles. The predicted molar refractivity (Wildman–Crippen MR) is 87.3 cm³/mol. The second-order valence-corrected chi connectivity index (χ2v) is 8.24. The Morgan fingerprint density at radius 2 is 2.17 bits per heavy atom. The van der Waals surface area contributed by atoms with Gasteiger partial charge in [-0.05, 0) is 61.5 Å². The van der Waals surface area contributed by atoms with E-state index in [1.54, 1.807) is 0 Å². The first-order chi connectivity index (χ1) is 11.0. The van der Waals surface area contributed by atoms with Crippen molar-refractivity contribution in [3.8, 4) is 6.07 Å². The van der Waals surface area contributed by atoms with Crippen molar-refractivity contribution in [1.82, 2.24) is 0 Å². The van der Waals surface area contributed by atoms with Gasteiger partial charge in [-0.1, -0.05) is 18.6 Å². The smallest absolute Gasteiger partial charge is 0.137 e. The van der Waals surface area contributed by atoms with E-state index in [1.165, 1.54) is 16.7 Å². The molecular weight excluding hydrogens is 286 g/mol. The predicted octanol–water partition coefficient (Wildman–Crippen LogP) is 3.84. The largest absolute Gasteiger partial charge is 0.388 e. The summed E-state index contributed by atoms with van der Waals surface area (Å²) in [5, 5.41) is 20.2. The zero-order valence-electron chi connectivity index (χ0n) is 13.9. The number of carbonyl (C=O) groups excluding carboxylic acids is 1. The summed E-state index contributed by atoms with van der Waals surface area (Å²) in [5.41, 5.74) is 3.35. The molecule has 1 fully saturated rings. The molecule has 0 aliphatic heterocycles. The van der Waals surface area contributed by atoms with Crippen LogP contribution >= 0.6 is 0 Å². The molecule has 4 aliphatic rings. The van der Waals surface area contributed by atoms with E-state index >= 15 is 0 Å². The highest BCUT2D eigenvalue weighted by Gasteiger charge is 2.59. The Balaban J connectivity index is 1.71. The minimum absolute atomic E-state index is 0.167. The van der Waals surface area contributed by atoms with E-state index in [0.29, 0.717) is 30.5 Å². The van der Waals surface area contributed by atoms with Crippen molar-refractivity contribution < 1.29 is 9.90 Å². The molecule has 4 aliphatic carbocycles. The topological polar surface area (TPSA) is 61.1 Å². The molecule has 1 N–H and O–H groups in total. The van der Waals surface area contributed by atoms with Gasteiger partial charge in [-0.25, -0.2) is 0 Å². The molecule has 0 bridgehead atoms. The van der Waals surface area contributed by atoms with E-state index < -0.39 is 5.60 Å². The molecule has 4 atom stereocenters. The number of hydrogen-bond acceptors (Lipinski definition) is 3. The van der Waals surface area contributed by atoms with Crippen LogP contribution in [0.3, 0.4) is 0 Å². The molecule has 0 radical (unpaired) electrons. The Morgan fingerprint density at radius 1 is 1.35 bits per heavy atom. The van der Waals surface area contributed by atoms with Gasteiger partial charge in [-0.3, -0.25) is 4.79 Å². The maximum Gasteiger partial charge on any atom is 0.137 e. The molecule has 0 aromatic heterocycles. The molecule has 0 heterocycles. The summed E-state index contributed by atoms with van der Waals surface area (Å²) >= 11 is 0. The number of ketones is 1. The third kappa shape index (κ3) is 2.01. The molecule has 0 spiro atoms. The molecule has 1 saturated carbocycles. The van der Waals surface area contributed by atoms with Gasteiger partial charge < -0.3 is 5.11 Å². The number of nitriles is 1. The molecule has 23 heavy (non-hydrogen) atoms. The van der Waals surface area contributed by atoms with Gasteiger partial charge in [0.15, 0.2) is 0 Å². The van der Waals surface area contributed by atoms with Gasteiger partial charge in [0.1, 0.15) is 5.78 Å². The van der Waals surface area contributed by atoms with Crippen molar-refractivity contribution in [3.63, 3.8) is 0 Å². The van der Waals surface area contributed by atoms with Crippen LogP contribution in [0.1, 0.15) is 64.7 Å². The number of rotatable bonds is 1. The second kappa shape index (κ2) is 5.05. The number of nitrogens with zero attached hydrogens (tertiary/aromatic N) is 1. The van der Waals surface area contributed by atoms with Crippen LogP contribution in [0, 0.1) is 28.6 Å². The van der Waals surface area contributed by atoms with Crippen molar-refractivity contribution in [2.24, 2.45) is 17.3 Å². The van der Waals surface area contributed by atoms with E-state index in [0.717, 1.165) is 38.5 Å². The van der Waals surface area contributed by atoms with Crippen LogP contribution in [-0.2, 0) is 4.79 Å². The highest BCUT2D eigenvalue weighted by molar-refractivity contribution is 5.83. The highest BCUT2D eigenvalue weighted by atomic mass is 16.3. The molecule has 0 unspecified atom stereocenters. The van der Waals surface area contributed by atoms with E-state index in [9.17, 15) is 9.90 Å². The summed E-state index contributed by atoms with van der Waals surface area (Å²) in [6.45, 7) is 2.20. The second-order valence-electron chi connectivity index (χ2n) is 8.24. The van der Waals surface area contributed by atoms with Crippen molar-refractivity contribution in [3.05, 3.63) is 22.8 Å². The average molecular weight is 311 g/mol. The number of fused-ring (bicyclic) bond motifs is 4. The summed E-state index contributed by atoms with van der Waals surface area (Å²) in [6, 6.07) is 2.21. The zero-order chi connectivity index (χ0) is 16.2. The fraction of sp³-hybridized carbons (Fsp3) is 0.700. The van der Waals surface area contributed by atoms with Crippen molar-refractivity contribution in [2.75, 3.05) is 0 Å². The Hall–Kier alpha value is -1.40. The first kappa shape index (κ1) is 15.1. The number of hydrogen-bond donors (Lipinski definition) is 1. The van der Waals surface area contributed by atoms with Crippen LogP contribution in [0.2, 0.25) is 0 Å². The molecule has 0 aromatic rings. The molecule has 3 nitrogen and oxygen atoms in total. The van der Waals surface area contributed by atoms with Crippen LogP contribution in [-0.4, -0.2) is 16.5 Å². The number of carbonyl (C=O) groups is 1. The first-order valence-electron chi connectivity index (χ1n) is 9.01. The summed E-state index contributed by atoms with van der Waals surface area (Å²) in [7, 11) is 0. The van der Waals surface area contributed by atoms with Crippen LogP contribution < -0.4 is 0 Å². The number of Topliss-reactive ketones (excluding diaryl/α,β-unsaturated/α-hetero) is 1. The first-order valence-corrected chi connectivity index (χ1v) is 9.01. The van der Waals surface area contributed by atoms with Crippen LogP contribution in [0.15, 0.2) is 22.8 Å². The van der Waals surface area contributed by atoms with Crippen molar-refractivity contribution in [1.29, 1.82) is 5.26 Å². The summed E-state index contributed by atoms with van der Waals surface area (Å²) in [6.07, 6.45) is 9.68. The quantitative estimate of drug-likeness (QED) is 0.800. The van der Waals surface area contributed by atoms with Crippen LogP contribution in [0.5, 0.6) is 0 Å². The lowest BCUT2D eigenvalue weighted by Gasteiger charge is -2.50. The van der Waals surface area contributed by atoms with Gasteiger partial charge in [-0.2, -0.15) is 5.26 Å². The molecular formula is C20H25NO2. The van der Waals surface area contributed by atoms with E-state index in [1.807, 2.05) is 0 Å². The monoisotopic (exact) mass is 311 g/mol. The third-order valence-electron chi connectivity index (χ3n) is 7.35. The maximum atomic E-state index is 11.8. The Morgan fingerprint density at radius 3 is 2.96 bits per heavy atom. The lowest BCUT2D eigenvalue weighted by Crippen LogP contribution is -2.48. The fourth-order valence-corrected chi connectivity index (χ4v) is 5.94. The summed E-state index contributed by atoms with van der Waals surface area (Å²) in [5.74, 6) is 1.40. The Bertz CT molecular complexity index is 668. The lowest BCUT2D eigenvalue weighted by molar-refractivity contribution is -0.118. The lowest BCUT2D eigenvalue weighted by atomic mass is 9.56. The van der Waals surface area contributed by atoms with Crippen molar-refractivity contribution in [2.45, 2.75) is 70.3 Å². The van der Waals surface area contributed by atoms with Gasteiger partial charge in [0.2, 0.25) is 0 Å². The van der Waals surface area contributed by atoms with Gasteiger partial charge in [0.05, 0.1) is 18.1 Å². The zero-order valence-corrected chi connectivity index (χ0v) is 13.9. The molecule has 122 valence electrons. The fourth-order valence-electron chi connectivity index (χ4n) is 5.94. The number of aliphatic hydroxyl groups is 1. The van der Waals surface area contributed by atoms with Crippen molar-refractivity contribution >= 4 is 5.78 Å². The Labute approximate surface area is 138 Å². The van der Waals surface area contributed by atoms with Gasteiger partial charge in [0, 0.05) is 18.3 Å². The SMILES string of the molecule is C[C@]12CC=C3C4=C(CC[C@H]3[C@@H]1CC[C@]2(O)CC#N)CC(=O)CC4. The van der Waals surface area contributed by atoms with Gasteiger partial charge in [0.25, 0.3) is 0 Å². The average Bonchev–Trinajstić information content (AvgIpc) is 2.79. The molecule has 3 heteroatoms. The standard InChI is InChI=1S/C20H25NO2/c1-19-8-6-16-15-5-3-14(22)12-13(15)2-4-17(16)18(19)7-9-20(19,23)10-11-21/h6,17-18,23H,2-5,7-10,12H2,1H3/t17-,18+,19+,20+/m1/s1. The van der Waals surface area contributed by atoms with Gasteiger partial charge >= 0.3 is 0 Å². The summed E-state index contributed by atoms with van der Waals surface area (Å²) in [4.78, 5) is 11.8. The Kier molecular flexibility index (Phi) is 3.32. The van der Waals surface area contributed by atoms with E-state index in [-0.39, 0.29) is 11.8 Å². The van der Waals surface area contributed by atoms with E-state index in [4.69, 9.17) is 5.26 Å². The molecule has 4 rings (SSSR count).